The maximum Gasteiger partial charge on any atom is 0.356 e. The van der Waals surface area contributed by atoms with Gasteiger partial charge in [-0.25, -0.2) is 14.5 Å². The lowest BCUT2D eigenvalue weighted by molar-refractivity contribution is -0.170. The van der Waals surface area contributed by atoms with E-state index in [2.05, 4.69) is 20.6 Å². The Balaban J connectivity index is 1.34. The first-order chi connectivity index (χ1) is 18.2. The predicted octanol–water partition coefficient (Wildman–Crippen LogP) is 0.899. The van der Waals surface area contributed by atoms with Crippen molar-refractivity contribution in [3.8, 4) is 5.69 Å². The van der Waals surface area contributed by atoms with Crippen LogP contribution in [-0.4, -0.2) is 74.8 Å². The van der Waals surface area contributed by atoms with Crippen molar-refractivity contribution in [3.05, 3.63) is 54.5 Å². The number of carbonyl (C=O) groups excluding carboxylic acids is 3. The number of benzene rings is 1. The number of fused-ring (bicyclic) bond motifs is 1. The van der Waals surface area contributed by atoms with Crippen LogP contribution in [0.1, 0.15) is 17.4 Å². The molecule has 5 rings (SSSR count). The van der Waals surface area contributed by atoms with Gasteiger partial charge < -0.3 is 30.2 Å². The molecule has 4 heterocycles. The Morgan fingerprint density at radius 3 is 2.87 bits per heavy atom. The minimum Gasteiger partial charge on any atom is -0.464 e. The smallest absolute Gasteiger partial charge is 0.356 e. The molecule has 2 amide bonds. The molecule has 4 aromatic rings. The van der Waals surface area contributed by atoms with Crippen molar-refractivity contribution < 1.29 is 33.5 Å². The van der Waals surface area contributed by atoms with Gasteiger partial charge in [0.05, 0.1) is 31.3 Å². The number of nitrogen functional groups attached to an aromatic ring is 1. The van der Waals surface area contributed by atoms with Crippen molar-refractivity contribution in [2.24, 2.45) is 0 Å². The fourth-order valence-electron chi connectivity index (χ4n) is 4.07. The van der Waals surface area contributed by atoms with Crippen LogP contribution in [0.4, 0.5) is 17.3 Å². The Kier molecular flexibility index (Phi) is 6.26. The van der Waals surface area contributed by atoms with Gasteiger partial charge in [-0.05, 0) is 31.2 Å². The molecule has 1 aromatic carbocycles. The van der Waals surface area contributed by atoms with E-state index in [1.54, 1.807) is 30.5 Å². The van der Waals surface area contributed by atoms with E-state index in [0.29, 0.717) is 22.3 Å². The van der Waals surface area contributed by atoms with E-state index in [1.165, 1.54) is 41.9 Å². The number of nitrogens with one attached hydrogen (secondary N) is 1. The number of amides is 2. The van der Waals surface area contributed by atoms with Gasteiger partial charge in [-0.2, -0.15) is 0 Å². The minimum absolute atomic E-state index is 0.0461. The fourth-order valence-corrected chi connectivity index (χ4v) is 4.07. The maximum absolute atomic E-state index is 13.5. The molecule has 196 valence electrons. The standard InChI is InChI=1S/C24H23N7O7/c1-24(19(32)21(33)27-13-3-4-15-17(11-13)38-29-20(15)25)23(35)30(9-10-37-24)18-6-8-31(28-18)14-5-7-26-16(12-14)22(34)36-2/h3-8,11-12,19,32H,9-10H2,1-2H3,(H2,25,29)(H,27,33)/t19-,24+/m0/s1. The van der Waals surface area contributed by atoms with Gasteiger partial charge in [0.2, 0.25) is 0 Å². The Labute approximate surface area is 214 Å². The number of nitrogens with zero attached hydrogens (tertiary/aromatic N) is 5. The molecule has 38 heavy (non-hydrogen) atoms. The van der Waals surface area contributed by atoms with Crippen LogP contribution in [0.2, 0.25) is 0 Å². The average molecular weight is 521 g/mol. The first-order valence-electron chi connectivity index (χ1n) is 11.4. The van der Waals surface area contributed by atoms with E-state index in [9.17, 15) is 19.5 Å². The SMILES string of the molecule is COC(=O)c1cc(-n2ccc(N3CCO[C@](C)([C@@H](O)C(=O)Nc4ccc5c(N)noc5c4)C3=O)n2)ccn1. The van der Waals surface area contributed by atoms with E-state index in [0.717, 1.165) is 0 Å². The zero-order valence-corrected chi connectivity index (χ0v) is 20.3. The van der Waals surface area contributed by atoms with Crippen LogP contribution in [0, 0.1) is 0 Å². The predicted molar refractivity (Wildman–Crippen MR) is 132 cm³/mol. The number of anilines is 3. The first-order valence-corrected chi connectivity index (χ1v) is 11.4. The molecule has 0 radical (unpaired) electrons. The molecule has 1 aliphatic heterocycles. The highest BCUT2D eigenvalue weighted by Gasteiger charge is 2.51. The molecule has 1 aliphatic rings. The van der Waals surface area contributed by atoms with Gasteiger partial charge in [0, 0.05) is 30.2 Å². The summed E-state index contributed by atoms with van der Waals surface area (Å²) in [6.07, 6.45) is 1.18. The summed E-state index contributed by atoms with van der Waals surface area (Å²) in [4.78, 5) is 43.5. The number of hydrogen-bond donors (Lipinski definition) is 3. The number of nitrogens with two attached hydrogens (primary N) is 1. The summed E-state index contributed by atoms with van der Waals surface area (Å²) in [5.74, 6) is -1.63. The highest BCUT2D eigenvalue weighted by Crippen LogP contribution is 2.29. The molecular weight excluding hydrogens is 498 g/mol. The summed E-state index contributed by atoms with van der Waals surface area (Å²) in [7, 11) is 1.25. The number of carbonyl (C=O) groups is 3. The number of morpholine rings is 1. The number of ether oxygens (including phenoxy) is 2. The number of rotatable bonds is 6. The summed E-state index contributed by atoms with van der Waals surface area (Å²) in [6.45, 7) is 1.53. The third-order valence-corrected chi connectivity index (χ3v) is 6.18. The molecule has 0 aliphatic carbocycles. The second-order valence-corrected chi connectivity index (χ2v) is 8.59. The van der Waals surface area contributed by atoms with Crippen LogP contribution in [0.5, 0.6) is 0 Å². The number of aliphatic hydroxyl groups is 1. The van der Waals surface area contributed by atoms with Gasteiger partial charge in [0.15, 0.2) is 28.9 Å². The molecule has 1 fully saturated rings. The summed E-state index contributed by atoms with van der Waals surface area (Å²) >= 11 is 0. The van der Waals surface area contributed by atoms with E-state index in [1.807, 2.05) is 0 Å². The largest absolute Gasteiger partial charge is 0.464 e. The Hall–Kier alpha value is -4.82. The van der Waals surface area contributed by atoms with Crippen molar-refractivity contribution >= 4 is 46.1 Å². The molecule has 3 aromatic heterocycles. The summed E-state index contributed by atoms with van der Waals surface area (Å²) < 4.78 is 16.9. The van der Waals surface area contributed by atoms with Crippen LogP contribution < -0.4 is 16.0 Å². The Morgan fingerprint density at radius 2 is 2.08 bits per heavy atom. The normalized spacial score (nSPS) is 18.4. The zero-order valence-electron chi connectivity index (χ0n) is 20.3. The molecule has 14 heteroatoms. The lowest BCUT2D eigenvalue weighted by atomic mass is 9.94. The molecule has 4 N–H and O–H groups in total. The van der Waals surface area contributed by atoms with Gasteiger partial charge in [0.25, 0.3) is 11.8 Å². The Bertz CT molecular complexity index is 1550. The van der Waals surface area contributed by atoms with Crippen molar-refractivity contribution in [2.75, 3.05) is 36.2 Å². The van der Waals surface area contributed by atoms with E-state index in [-0.39, 0.29) is 30.5 Å². The Morgan fingerprint density at radius 1 is 1.26 bits per heavy atom. The van der Waals surface area contributed by atoms with E-state index >= 15 is 0 Å². The quantitative estimate of drug-likeness (QED) is 0.306. The molecule has 0 unspecified atom stereocenters. The second-order valence-electron chi connectivity index (χ2n) is 8.59. The van der Waals surface area contributed by atoms with Gasteiger partial charge in [0.1, 0.15) is 5.69 Å². The van der Waals surface area contributed by atoms with Crippen LogP contribution in [-0.2, 0) is 19.1 Å². The molecule has 0 bridgehead atoms. The van der Waals surface area contributed by atoms with Crippen molar-refractivity contribution in [1.29, 1.82) is 0 Å². The van der Waals surface area contributed by atoms with Crippen LogP contribution >= 0.6 is 0 Å². The fraction of sp³-hybridized carbons (Fsp3) is 0.250. The number of hydrogen-bond acceptors (Lipinski definition) is 11. The van der Waals surface area contributed by atoms with E-state index in [4.69, 9.17) is 19.7 Å². The highest BCUT2D eigenvalue weighted by atomic mass is 16.5. The van der Waals surface area contributed by atoms with Gasteiger partial charge in [-0.15, -0.1) is 5.10 Å². The zero-order chi connectivity index (χ0) is 27.0. The van der Waals surface area contributed by atoms with Crippen molar-refractivity contribution in [2.45, 2.75) is 18.6 Å². The number of methoxy groups -OCH3 is 1. The second kappa shape index (κ2) is 9.57. The number of aliphatic hydroxyl groups excluding tert-OH is 1. The summed E-state index contributed by atoms with van der Waals surface area (Å²) in [5.41, 5.74) is 5.09. The van der Waals surface area contributed by atoms with Gasteiger partial charge in [-0.3, -0.25) is 14.5 Å². The molecule has 0 spiro atoms. The van der Waals surface area contributed by atoms with Gasteiger partial charge in [-0.1, -0.05) is 5.16 Å². The van der Waals surface area contributed by atoms with Crippen LogP contribution in [0.15, 0.2) is 53.3 Å². The summed E-state index contributed by atoms with van der Waals surface area (Å²) in [6, 6.07) is 9.39. The van der Waals surface area contributed by atoms with Gasteiger partial charge >= 0.3 is 5.97 Å². The van der Waals surface area contributed by atoms with Crippen molar-refractivity contribution in [1.82, 2.24) is 19.9 Å². The number of esters is 1. The van der Waals surface area contributed by atoms with Crippen molar-refractivity contribution in [3.63, 3.8) is 0 Å². The lowest BCUT2D eigenvalue weighted by Crippen LogP contribution is -2.63. The average Bonchev–Trinajstić information content (AvgIpc) is 3.56. The maximum atomic E-state index is 13.5. The third kappa shape index (κ3) is 4.31. The lowest BCUT2D eigenvalue weighted by Gasteiger charge is -2.40. The topological polar surface area (TPSA) is 188 Å². The molecule has 0 saturated carbocycles. The highest BCUT2D eigenvalue weighted by molar-refractivity contribution is 6.06. The third-order valence-electron chi connectivity index (χ3n) is 6.18. The number of aromatic nitrogens is 4. The molecule has 2 atom stereocenters. The summed E-state index contributed by atoms with van der Waals surface area (Å²) in [5, 5.41) is 22.1. The van der Waals surface area contributed by atoms with Crippen LogP contribution in [0.3, 0.4) is 0 Å². The molecule has 1 saturated heterocycles. The number of pyridine rings is 1. The van der Waals surface area contributed by atoms with Crippen LogP contribution in [0.25, 0.3) is 16.7 Å². The molecular formula is C24H23N7O7. The first kappa shape index (κ1) is 24.9. The molecule has 14 nitrogen and oxygen atoms in total. The van der Waals surface area contributed by atoms with E-state index < -0.39 is 29.5 Å². The minimum atomic E-state index is -1.89. The monoisotopic (exact) mass is 521 g/mol.